The zero-order valence-electron chi connectivity index (χ0n) is 14.7. The first kappa shape index (κ1) is 17.0. The lowest BCUT2D eigenvalue weighted by molar-refractivity contribution is -0.0685. The third-order valence-corrected chi connectivity index (χ3v) is 6.34. The number of hydrogen-bond donors (Lipinski definition) is 1. The van der Waals surface area contributed by atoms with Gasteiger partial charge in [0.1, 0.15) is 0 Å². The molecule has 1 rings (SSSR count). The molecule has 0 saturated carbocycles. The van der Waals surface area contributed by atoms with Crippen molar-refractivity contribution in [3.05, 3.63) is 0 Å². The molecule has 1 aliphatic rings. The van der Waals surface area contributed by atoms with E-state index in [4.69, 9.17) is 0 Å². The van der Waals surface area contributed by atoms with Crippen molar-refractivity contribution in [2.75, 3.05) is 6.54 Å². The van der Waals surface area contributed by atoms with Crippen molar-refractivity contribution in [1.82, 2.24) is 5.32 Å². The van der Waals surface area contributed by atoms with Gasteiger partial charge in [0, 0.05) is 5.54 Å². The van der Waals surface area contributed by atoms with E-state index in [1.54, 1.807) is 0 Å². The van der Waals surface area contributed by atoms with E-state index in [0.29, 0.717) is 10.8 Å². The van der Waals surface area contributed by atoms with Gasteiger partial charge in [0.05, 0.1) is 0 Å². The Bertz CT molecular complexity index is 264. The van der Waals surface area contributed by atoms with E-state index < -0.39 is 0 Å². The largest absolute Gasteiger partial charge is 0.310 e. The minimum Gasteiger partial charge on any atom is -0.310 e. The molecule has 2 atom stereocenters. The van der Waals surface area contributed by atoms with Gasteiger partial charge >= 0.3 is 0 Å². The van der Waals surface area contributed by atoms with Crippen LogP contribution in [0.1, 0.15) is 87.5 Å². The van der Waals surface area contributed by atoms with E-state index in [9.17, 15) is 0 Å². The molecule has 1 nitrogen and oxygen atoms in total. The quantitative estimate of drug-likeness (QED) is 0.620. The summed E-state index contributed by atoms with van der Waals surface area (Å²) in [6.07, 6.45) is 6.81. The van der Waals surface area contributed by atoms with Crippen LogP contribution in [0, 0.1) is 16.2 Å². The fourth-order valence-corrected chi connectivity index (χ4v) is 3.96. The first-order valence-corrected chi connectivity index (χ1v) is 8.21. The average Bonchev–Trinajstić information content (AvgIpc) is 2.29. The van der Waals surface area contributed by atoms with Gasteiger partial charge in [0.25, 0.3) is 0 Å². The molecule has 0 aromatic carbocycles. The standard InChI is InChI=1S/C18H37N/c1-15(2,3)17(7)13-11-9-10-12-14-19-18(17,8)16(4,5)6/h19H,9-14H2,1-8H3. The zero-order valence-corrected chi connectivity index (χ0v) is 14.7. The Morgan fingerprint density at radius 1 is 0.737 bits per heavy atom. The molecule has 0 aromatic rings. The van der Waals surface area contributed by atoms with Crippen LogP contribution in [0.2, 0.25) is 0 Å². The van der Waals surface area contributed by atoms with Gasteiger partial charge in [0.15, 0.2) is 0 Å². The Hall–Kier alpha value is -0.0400. The third kappa shape index (κ3) is 3.01. The van der Waals surface area contributed by atoms with Crippen LogP contribution in [0.4, 0.5) is 0 Å². The van der Waals surface area contributed by atoms with Gasteiger partial charge in [-0.25, -0.2) is 0 Å². The van der Waals surface area contributed by atoms with Crippen molar-refractivity contribution in [3.8, 4) is 0 Å². The van der Waals surface area contributed by atoms with Crippen LogP contribution < -0.4 is 5.32 Å². The lowest BCUT2D eigenvalue weighted by Crippen LogP contribution is -2.66. The van der Waals surface area contributed by atoms with Crippen LogP contribution in [0.15, 0.2) is 0 Å². The van der Waals surface area contributed by atoms with Crippen molar-refractivity contribution in [1.29, 1.82) is 0 Å². The second kappa shape index (κ2) is 5.39. The summed E-state index contributed by atoms with van der Waals surface area (Å²) in [5, 5.41) is 3.98. The smallest absolute Gasteiger partial charge is 0.0260 e. The molecule has 114 valence electrons. The molecule has 0 radical (unpaired) electrons. The lowest BCUT2D eigenvalue weighted by Gasteiger charge is -2.60. The molecule has 1 heteroatoms. The Balaban J connectivity index is 3.29. The number of rotatable bonds is 0. The van der Waals surface area contributed by atoms with Crippen molar-refractivity contribution in [2.24, 2.45) is 16.2 Å². The highest BCUT2D eigenvalue weighted by Crippen LogP contribution is 2.56. The highest BCUT2D eigenvalue weighted by atomic mass is 15.0. The number of hydrogen-bond acceptors (Lipinski definition) is 1. The summed E-state index contributed by atoms with van der Waals surface area (Å²) in [5.41, 5.74) is 1.05. The summed E-state index contributed by atoms with van der Waals surface area (Å²) < 4.78 is 0. The predicted molar refractivity (Wildman–Crippen MR) is 86.5 cm³/mol. The van der Waals surface area contributed by atoms with Crippen LogP contribution in [0.25, 0.3) is 0 Å². The monoisotopic (exact) mass is 267 g/mol. The summed E-state index contributed by atoms with van der Waals surface area (Å²) >= 11 is 0. The minimum atomic E-state index is 0.169. The van der Waals surface area contributed by atoms with Crippen LogP contribution in [-0.4, -0.2) is 12.1 Å². The number of nitrogens with one attached hydrogen (secondary N) is 1. The van der Waals surface area contributed by atoms with Gasteiger partial charge in [-0.2, -0.15) is 0 Å². The van der Waals surface area contributed by atoms with Gasteiger partial charge in [-0.3, -0.25) is 0 Å². The summed E-state index contributed by atoms with van der Waals surface area (Å²) in [7, 11) is 0. The van der Waals surface area contributed by atoms with Gasteiger partial charge in [0.2, 0.25) is 0 Å². The molecule has 0 amide bonds. The molecular formula is C18H37N. The Kier molecular flexibility index (Phi) is 4.83. The molecule has 0 aromatic heterocycles. The van der Waals surface area contributed by atoms with Crippen molar-refractivity contribution in [2.45, 2.75) is 93.0 Å². The van der Waals surface area contributed by atoms with E-state index >= 15 is 0 Å². The molecule has 0 aliphatic carbocycles. The SMILES string of the molecule is CC(C)(C)C1(C)CCCCCCNC1(C)C(C)(C)C. The highest BCUT2D eigenvalue weighted by molar-refractivity contribution is 5.10. The maximum atomic E-state index is 3.98. The van der Waals surface area contributed by atoms with Gasteiger partial charge in [-0.15, -0.1) is 0 Å². The molecule has 1 heterocycles. The molecule has 1 aliphatic heterocycles. The predicted octanol–water partition coefficient (Wildman–Crippen LogP) is 5.40. The van der Waals surface area contributed by atoms with Crippen LogP contribution >= 0.6 is 0 Å². The highest BCUT2D eigenvalue weighted by Gasteiger charge is 2.56. The van der Waals surface area contributed by atoms with E-state index in [1.807, 2.05) is 0 Å². The van der Waals surface area contributed by atoms with E-state index in [-0.39, 0.29) is 11.0 Å². The normalized spacial score (nSPS) is 35.4. The summed E-state index contributed by atoms with van der Waals surface area (Å²) in [6, 6.07) is 0. The van der Waals surface area contributed by atoms with Crippen LogP contribution in [0.3, 0.4) is 0 Å². The van der Waals surface area contributed by atoms with Crippen molar-refractivity contribution < 1.29 is 0 Å². The molecule has 1 fully saturated rings. The lowest BCUT2D eigenvalue weighted by atomic mass is 9.49. The summed E-state index contributed by atoms with van der Waals surface area (Å²) in [5.74, 6) is 0. The fraction of sp³-hybridized carbons (Fsp3) is 1.00. The maximum Gasteiger partial charge on any atom is 0.0260 e. The zero-order chi connectivity index (χ0) is 14.9. The first-order valence-electron chi connectivity index (χ1n) is 8.21. The van der Waals surface area contributed by atoms with Gasteiger partial charge in [-0.05, 0) is 42.6 Å². The maximum absolute atomic E-state index is 3.98. The molecule has 1 saturated heterocycles. The van der Waals surface area contributed by atoms with Crippen LogP contribution in [-0.2, 0) is 0 Å². The minimum absolute atomic E-state index is 0.169. The molecular weight excluding hydrogens is 230 g/mol. The molecule has 0 spiro atoms. The first-order chi connectivity index (χ1) is 8.46. The van der Waals surface area contributed by atoms with Gasteiger partial charge < -0.3 is 5.32 Å². The topological polar surface area (TPSA) is 12.0 Å². The Labute approximate surface area is 121 Å². The fourth-order valence-electron chi connectivity index (χ4n) is 3.96. The van der Waals surface area contributed by atoms with E-state index in [2.05, 4.69) is 60.7 Å². The van der Waals surface area contributed by atoms with Crippen molar-refractivity contribution >= 4 is 0 Å². The van der Waals surface area contributed by atoms with Crippen molar-refractivity contribution in [3.63, 3.8) is 0 Å². The molecule has 2 unspecified atom stereocenters. The molecule has 0 bridgehead atoms. The second-order valence-corrected chi connectivity index (χ2v) is 9.05. The van der Waals surface area contributed by atoms with Gasteiger partial charge in [-0.1, -0.05) is 67.7 Å². The molecule has 1 N–H and O–H groups in total. The van der Waals surface area contributed by atoms with Crippen LogP contribution in [0.5, 0.6) is 0 Å². The average molecular weight is 268 g/mol. The summed E-state index contributed by atoms with van der Waals surface area (Å²) in [4.78, 5) is 0. The van der Waals surface area contributed by atoms with E-state index in [1.165, 1.54) is 38.6 Å². The van der Waals surface area contributed by atoms with E-state index in [0.717, 1.165) is 0 Å². The molecule has 19 heavy (non-hydrogen) atoms. The third-order valence-electron chi connectivity index (χ3n) is 6.34. The Morgan fingerprint density at radius 3 is 1.74 bits per heavy atom. The summed E-state index contributed by atoms with van der Waals surface area (Å²) in [6.45, 7) is 20.7. The Morgan fingerprint density at radius 2 is 1.26 bits per heavy atom. The second-order valence-electron chi connectivity index (χ2n) is 9.05.